The van der Waals surface area contributed by atoms with E-state index in [9.17, 15) is 9.18 Å². The molecule has 1 unspecified atom stereocenters. The van der Waals surface area contributed by atoms with Crippen LogP contribution in [-0.4, -0.2) is 29.9 Å². The number of benzene rings is 1. The summed E-state index contributed by atoms with van der Waals surface area (Å²) in [4.78, 5) is 14.5. The average Bonchev–Trinajstić information content (AvgIpc) is 3.00. The monoisotopic (exact) mass is 328 g/mol. The van der Waals surface area contributed by atoms with Crippen LogP contribution < -0.4 is 5.73 Å². The van der Waals surface area contributed by atoms with E-state index in [0.29, 0.717) is 25.6 Å². The van der Waals surface area contributed by atoms with Gasteiger partial charge in [0.15, 0.2) is 0 Å². The summed E-state index contributed by atoms with van der Waals surface area (Å²) in [5.74, 6) is -0.222. The summed E-state index contributed by atoms with van der Waals surface area (Å²) in [6.07, 6.45) is 5.21. The molecule has 0 radical (unpaired) electrons. The van der Waals surface area contributed by atoms with Gasteiger partial charge in [-0.25, -0.2) is 4.39 Å². The van der Waals surface area contributed by atoms with Crippen molar-refractivity contribution < 1.29 is 9.18 Å². The van der Waals surface area contributed by atoms with E-state index in [4.69, 9.17) is 5.73 Å². The van der Waals surface area contributed by atoms with Gasteiger partial charge in [0.25, 0.3) is 0 Å². The third-order valence-corrected chi connectivity index (χ3v) is 4.35. The largest absolute Gasteiger partial charge is 0.339 e. The molecule has 0 bridgehead atoms. The normalized spacial score (nSPS) is 16.1. The Hall–Kier alpha value is -1.13. The van der Waals surface area contributed by atoms with Crippen molar-refractivity contribution in [3.8, 4) is 0 Å². The summed E-state index contributed by atoms with van der Waals surface area (Å²) < 4.78 is 13.2. The Balaban J connectivity index is 0.00000242. The smallest absolute Gasteiger partial charge is 0.226 e. The molecule has 1 aliphatic rings. The van der Waals surface area contributed by atoms with Crippen molar-refractivity contribution in [3.05, 3.63) is 35.6 Å². The fourth-order valence-corrected chi connectivity index (χ4v) is 3.01. The molecule has 1 atom stereocenters. The predicted molar refractivity (Wildman–Crippen MR) is 89.5 cm³/mol. The van der Waals surface area contributed by atoms with Gasteiger partial charge in [-0.15, -0.1) is 12.4 Å². The van der Waals surface area contributed by atoms with Crippen molar-refractivity contribution in [1.82, 2.24) is 4.90 Å². The van der Waals surface area contributed by atoms with E-state index >= 15 is 0 Å². The van der Waals surface area contributed by atoms with Crippen molar-refractivity contribution in [3.63, 3.8) is 0 Å². The lowest BCUT2D eigenvalue weighted by molar-refractivity contribution is -0.137. The molecular formula is C17H26ClFN2O. The van der Waals surface area contributed by atoms with Gasteiger partial charge in [0, 0.05) is 25.0 Å². The van der Waals surface area contributed by atoms with Crippen LogP contribution in [-0.2, 0) is 11.2 Å². The van der Waals surface area contributed by atoms with E-state index in [1.807, 2.05) is 17.9 Å². The molecule has 0 aliphatic heterocycles. The molecule has 1 aromatic rings. The van der Waals surface area contributed by atoms with Crippen molar-refractivity contribution in [2.45, 2.75) is 45.1 Å². The second-order valence-electron chi connectivity index (χ2n) is 5.99. The molecule has 1 amide bonds. The van der Waals surface area contributed by atoms with E-state index in [0.717, 1.165) is 18.4 Å². The van der Waals surface area contributed by atoms with Gasteiger partial charge in [0.1, 0.15) is 5.82 Å². The Bertz CT molecular complexity index is 477. The molecule has 2 rings (SSSR count). The Morgan fingerprint density at radius 1 is 1.41 bits per heavy atom. The number of nitrogens with zero attached hydrogens (tertiary/aromatic N) is 1. The Morgan fingerprint density at radius 2 is 2.09 bits per heavy atom. The molecule has 0 saturated heterocycles. The van der Waals surface area contributed by atoms with E-state index in [2.05, 4.69) is 0 Å². The van der Waals surface area contributed by atoms with Crippen molar-refractivity contribution in [1.29, 1.82) is 0 Å². The number of amides is 1. The highest BCUT2D eigenvalue weighted by atomic mass is 35.5. The molecular weight excluding hydrogens is 303 g/mol. The van der Waals surface area contributed by atoms with Gasteiger partial charge in [0.2, 0.25) is 5.91 Å². The zero-order valence-electron chi connectivity index (χ0n) is 13.1. The molecule has 5 heteroatoms. The first kappa shape index (κ1) is 18.9. The van der Waals surface area contributed by atoms with Gasteiger partial charge >= 0.3 is 0 Å². The highest BCUT2D eigenvalue weighted by Crippen LogP contribution is 2.25. The second kappa shape index (κ2) is 9.11. The molecule has 0 aromatic heterocycles. The molecule has 1 aromatic carbocycles. The first-order valence-electron chi connectivity index (χ1n) is 7.87. The number of halogens is 2. The van der Waals surface area contributed by atoms with Crippen LogP contribution in [0.15, 0.2) is 24.3 Å². The minimum absolute atomic E-state index is 0. The number of carbonyl (C=O) groups is 1. The summed E-state index contributed by atoms with van der Waals surface area (Å²) >= 11 is 0. The molecule has 1 aliphatic carbocycles. The van der Waals surface area contributed by atoms with Crippen molar-refractivity contribution >= 4 is 18.3 Å². The van der Waals surface area contributed by atoms with Gasteiger partial charge in [0.05, 0.1) is 0 Å². The Labute approximate surface area is 138 Å². The van der Waals surface area contributed by atoms with Crippen molar-refractivity contribution in [2.75, 3.05) is 13.1 Å². The highest BCUT2D eigenvalue weighted by molar-refractivity contribution is 5.85. The molecule has 1 fully saturated rings. The zero-order chi connectivity index (χ0) is 15.2. The average molecular weight is 329 g/mol. The molecule has 0 spiro atoms. The lowest BCUT2D eigenvalue weighted by atomic mass is 10.1. The SMILES string of the molecule is CC(CN)C(=O)N(CCc1cccc(F)c1)C1CCCC1.Cl. The van der Waals surface area contributed by atoms with E-state index in [-0.39, 0.29) is 30.0 Å². The standard InChI is InChI=1S/C17H25FN2O.ClH/c1-13(12-19)17(21)20(16-7-2-3-8-16)10-9-14-5-4-6-15(18)11-14;/h4-6,11,13,16H,2-3,7-10,12,19H2,1H3;1H. The lowest BCUT2D eigenvalue weighted by Crippen LogP contribution is -2.44. The number of nitrogens with two attached hydrogens (primary N) is 1. The summed E-state index contributed by atoms with van der Waals surface area (Å²) in [6, 6.07) is 6.95. The maximum Gasteiger partial charge on any atom is 0.226 e. The summed E-state index contributed by atoms with van der Waals surface area (Å²) in [5, 5.41) is 0. The molecule has 22 heavy (non-hydrogen) atoms. The van der Waals surface area contributed by atoms with E-state index in [1.54, 1.807) is 12.1 Å². The van der Waals surface area contributed by atoms with Crippen LogP contribution in [0.3, 0.4) is 0 Å². The quantitative estimate of drug-likeness (QED) is 0.872. The molecule has 2 N–H and O–H groups in total. The first-order chi connectivity index (χ1) is 10.1. The van der Waals surface area contributed by atoms with E-state index in [1.165, 1.54) is 18.9 Å². The highest BCUT2D eigenvalue weighted by Gasteiger charge is 2.28. The van der Waals surface area contributed by atoms with Gasteiger partial charge < -0.3 is 10.6 Å². The minimum atomic E-state index is -0.221. The fraction of sp³-hybridized carbons (Fsp3) is 0.588. The number of carbonyl (C=O) groups excluding carboxylic acids is 1. The minimum Gasteiger partial charge on any atom is -0.339 e. The molecule has 0 heterocycles. The number of hydrogen-bond acceptors (Lipinski definition) is 2. The van der Waals surface area contributed by atoms with Crippen LogP contribution in [0.4, 0.5) is 4.39 Å². The Kier molecular flexibility index (Phi) is 7.83. The van der Waals surface area contributed by atoms with Crippen molar-refractivity contribution in [2.24, 2.45) is 11.7 Å². The van der Waals surface area contributed by atoms with Gasteiger partial charge in [-0.1, -0.05) is 31.9 Å². The summed E-state index contributed by atoms with van der Waals surface area (Å²) in [6.45, 7) is 2.91. The topological polar surface area (TPSA) is 46.3 Å². The maximum absolute atomic E-state index is 13.2. The van der Waals surface area contributed by atoms with Gasteiger partial charge in [-0.2, -0.15) is 0 Å². The summed E-state index contributed by atoms with van der Waals surface area (Å²) in [7, 11) is 0. The first-order valence-corrected chi connectivity index (χ1v) is 7.87. The van der Waals surface area contributed by atoms with Crippen LogP contribution in [0, 0.1) is 11.7 Å². The van der Waals surface area contributed by atoms with Gasteiger partial charge in [-0.3, -0.25) is 4.79 Å². The third-order valence-electron chi connectivity index (χ3n) is 4.35. The zero-order valence-corrected chi connectivity index (χ0v) is 13.9. The Morgan fingerprint density at radius 3 is 2.68 bits per heavy atom. The molecule has 124 valence electrons. The van der Waals surface area contributed by atoms with Crippen LogP contribution in [0.1, 0.15) is 38.2 Å². The molecule has 1 saturated carbocycles. The van der Waals surface area contributed by atoms with Crippen LogP contribution >= 0.6 is 12.4 Å². The number of hydrogen-bond donors (Lipinski definition) is 1. The lowest BCUT2D eigenvalue weighted by Gasteiger charge is -2.31. The van der Waals surface area contributed by atoms with Gasteiger partial charge in [-0.05, 0) is 37.0 Å². The van der Waals surface area contributed by atoms with Crippen LogP contribution in [0.2, 0.25) is 0 Å². The number of rotatable bonds is 6. The predicted octanol–water partition coefficient (Wildman–Crippen LogP) is 3.16. The van der Waals surface area contributed by atoms with Crippen LogP contribution in [0.25, 0.3) is 0 Å². The summed E-state index contributed by atoms with van der Waals surface area (Å²) in [5.41, 5.74) is 6.58. The van der Waals surface area contributed by atoms with Crippen LogP contribution in [0.5, 0.6) is 0 Å². The third kappa shape index (κ3) is 4.96. The van der Waals surface area contributed by atoms with E-state index < -0.39 is 0 Å². The maximum atomic E-state index is 13.2. The molecule has 3 nitrogen and oxygen atoms in total. The fourth-order valence-electron chi connectivity index (χ4n) is 3.01. The second-order valence-corrected chi connectivity index (χ2v) is 5.99.